The zero-order valence-corrected chi connectivity index (χ0v) is 17.9. The number of halogens is 1. The third kappa shape index (κ3) is 3.73. The Morgan fingerprint density at radius 2 is 1.76 bits per heavy atom. The van der Waals surface area contributed by atoms with Crippen molar-refractivity contribution in [3.63, 3.8) is 0 Å². The number of carbonyl (C=O) groups excluding carboxylic acids is 1. The lowest BCUT2D eigenvalue weighted by atomic mass is 9.67. The van der Waals surface area contributed by atoms with Crippen LogP contribution in [0.2, 0.25) is 0 Å². The molecule has 0 amide bonds. The molecule has 25 heavy (non-hydrogen) atoms. The van der Waals surface area contributed by atoms with Crippen LogP contribution in [0.4, 0.5) is 0 Å². The second-order valence-corrected chi connectivity index (χ2v) is 10.3. The lowest BCUT2D eigenvalue weighted by Gasteiger charge is -2.38. The molecule has 3 rings (SSSR count). The zero-order valence-electron chi connectivity index (χ0n) is 16.3. The largest absolute Gasteiger partial charge is 0.457 e. The number of rotatable bonds is 2. The first-order valence-corrected chi connectivity index (χ1v) is 11.2. The van der Waals surface area contributed by atoms with Gasteiger partial charge in [0.2, 0.25) is 0 Å². The summed E-state index contributed by atoms with van der Waals surface area (Å²) in [4.78, 5) is 13.1. The van der Waals surface area contributed by atoms with E-state index in [2.05, 4.69) is 42.8 Å². The van der Waals surface area contributed by atoms with Gasteiger partial charge in [0.05, 0.1) is 5.92 Å². The Morgan fingerprint density at radius 1 is 1.08 bits per heavy atom. The number of fused-ring (bicyclic) bond motifs is 2. The Morgan fingerprint density at radius 3 is 2.40 bits per heavy atom. The van der Waals surface area contributed by atoms with Crippen LogP contribution in [0.25, 0.3) is 0 Å². The molecular formula is C22H35BrO2. The van der Waals surface area contributed by atoms with Crippen LogP contribution in [0.1, 0.15) is 91.4 Å². The van der Waals surface area contributed by atoms with Crippen LogP contribution in [0, 0.1) is 22.7 Å². The van der Waals surface area contributed by atoms with Crippen molar-refractivity contribution in [2.45, 2.75) is 97.5 Å². The van der Waals surface area contributed by atoms with Gasteiger partial charge in [0, 0.05) is 4.48 Å². The fourth-order valence-electron chi connectivity index (χ4n) is 5.59. The lowest BCUT2D eigenvalue weighted by Crippen LogP contribution is -2.38. The predicted molar refractivity (Wildman–Crippen MR) is 107 cm³/mol. The number of hydrogen-bond acceptors (Lipinski definition) is 2. The van der Waals surface area contributed by atoms with Crippen molar-refractivity contribution in [2.75, 3.05) is 0 Å². The molecule has 142 valence electrons. The predicted octanol–water partition coefficient (Wildman–Crippen LogP) is 6.77. The topological polar surface area (TPSA) is 26.3 Å². The number of esters is 1. The van der Waals surface area contributed by atoms with Gasteiger partial charge in [-0.15, -0.1) is 0 Å². The van der Waals surface area contributed by atoms with Crippen LogP contribution in [0.5, 0.6) is 0 Å². The molecule has 2 bridgehead atoms. The quantitative estimate of drug-likeness (QED) is 0.469. The molecule has 4 unspecified atom stereocenters. The minimum absolute atomic E-state index is 0.0583. The van der Waals surface area contributed by atoms with Gasteiger partial charge in [-0.05, 0) is 61.7 Å². The molecule has 0 aromatic rings. The standard InChI is InChI=1S/C22H35BrO2/c1-21(2)16-13-14-22(21,3)17(15-16)20(24)25-19-12-10-8-6-4-5-7-9-11-18(19)23/h11,16-17,19H,4-10,12-15H2,1-3H3. The van der Waals surface area contributed by atoms with E-state index in [4.69, 9.17) is 4.74 Å². The van der Waals surface area contributed by atoms with Crippen molar-refractivity contribution in [1.29, 1.82) is 0 Å². The Kier molecular flexibility index (Phi) is 6.02. The Labute approximate surface area is 162 Å². The molecule has 0 N–H and O–H groups in total. The van der Waals surface area contributed by atoms with Crippen LogP contribution in [0.3, 0.4) is 0 Å². The summed E-state index contributed by atoms with van der Waals surface area (Å²) in [6.45, 7) is 7.05. The summed E-state index contributed by atoms with van der Waals surface area (Å²) >= 11 is 3.72. The molecule has 2 nitrogen and oxygen atoms in total. The van der Waals surface area contributed by atoms with E-state index in [0.29, 0.717) is 5.92 Å². The SMILES string of the molecule is CC1(C)C2CCC1(C)C(C(=O)OC1CCCCCCCCC=C1Br)C2. The van der Waals surface area contributed by atoms with Crippen molar-refractivity contribution < 1.29 is 9.53 Å². The minimum atomic E-state index is -0.0727. The number of allylic oxidation sites excluding steroid dienone is 1. The third-order valence-corrected chi connectivity index (χ3v) is 8.74. The van der Waals surface area contributed by atoms with E-state index in [0.717, 1.165) is 30.2 Å². The monoisotopic (exact) mass is 410 g/mol. The van der Waals surface area contributed by atoms with Gasteiger partial charge in [-0.1, -0.05) is 68.5 Å². The molecule has 2 fully saturated rings. The highest BCUT2D eigenvalue weighted by Crippen LogP contribution is 2.68. The van der Waals surface area contributed by atoms with Crippen LogP contribution >= 0.6 is 15.9 Å². The van der Waals surface area contributed by atoms with Crippen LogP contribution in [0.15, 0.2) is 10.6 Å². The molecule has 3 aliphatic carbocycles. The Bertz CT molecular complexity index is 524. The van der Waals surface area contributed by atoms with Crippen molar-refractivity contribution in [3.05, 3.63) is 10.6 Å². The minimum Gasteiger partial charge on any atom is -0.457 e. The van der Waals surface area contributed by atoms with Gasteiger partial charge in [0.1, 0.15) is 6.10 Å². The molecule has 2 saturated carbocycles. The van der Waals surface area contributed by atoms with Crippen LogP contribution in [-0.4, -0.2) is 12.1 Å². The van der Waals surface area contributed by atoms with E-state index < -0.39 is 0 Å². The Balaban J connectivity index is 1.68. The maximum Gasteiger partial charge on any atom is 0.310 e. The molecule has 0 saturated heterocycles. The fourth-order valence-corrected chi connectivity index (χ4v) is 6.14. The summed E-state index contributed by atoms with van der Waals surface area (Å²) in [6.07, 6.45) is 15.3. The van der Waals surface area contributed by atoms with E-state index in [1.807, 2.05) is 0 Å². The highest BCUT2D eigenvalue weighted by atomic mass is 79.9. The van der Waals surface area contributed by atoms with Crippen molar-refractivity contribution in [2.24, 2.45) is 22.7 Å². The molecule has 3 heteroatoms. The highest BCUT2D eigenvalue weighted by Gasteiger charge is 2.63. The summed E-state index contributed by atoms with van der Waals surface area (Å²) in [5, 5.41) is 0. The van der Waals surface area contributed by atoms with Crippen LogP contribution < -0.4 is 0 Å². The first kappa shape index (κ1) is 19.5. The van der Waals surface area contributed by atoms with Crippen LogP contribution in [-0.2, 0) is 9.53 Å². The average Bonchev–Trinajstić information content (AvgIpc) is 2.89. The molecule has 0 spiro atoms. The number of hydrogen-bond donors (Lipinski definition) is 0. The lowest BCUT2D eigenvalue weighted by molar-refractivity contribution is -0.157. The van der Waals surface area contributed by atoms with Gasteiger partial charge in [0.15, 0.2) is 0 Å². The van der Waals surface area contributed by atoms with Gasteiger partial charge >= 0.3 is 5.97 Å². The normalized spacial score (nSPS) is 38.7. The van der Waals surface area contributed by atoms with E-state index in [1.54, 1.807) is 0 Å². The Hall–Kier alpha value is -0.310. The van der Waals surface area contributed by atoms with Gasteiger partial charge in [-0.25, -0.2) is 0 Å². The van der Waals surface area contributed by atoms with Crippen molar-refractivity contribution in [1.82, 2.24) is 0 Å². The van der Waals surface area contributed by atoms with Crippen molar-refractivity contribution >= 4 is 21.9 Å². The van der Waals surface area contributed by atoms with Crippen molar-refractivity contribution in [3.8, 4) is 0 Å². The number of carbonyl (C=O) groups is 1. The van der Waals surface area contributed by atoms with Gasteiger partial charge in [-0.3, -0.25) is 4.79 Å². The summed E-state index contributed by atoms with van der Waals surface area (Å²) in [6, 6.07) is 0. The summed E-state index contributed by atoms with van der Waals surface area (Å²) < 4.78 is 7.21. The summed E-state index contributed by atoms with van der Waals surface area (Å²) in [5.41, 5.74) is 0.371. The summed E-state index contributed by atoms with van der Waals surface area (Å²) in [5.74, 6) is 0.823. The molecule has 0 aliphatic heterocycles. The molecule has 3 aliphatic rings. The molecule has 0 aromatic heterocycles. The van der Waals surface area contributed by atoms with E-state index in [-0.39, 0.29) is 28.8 Å². The molecular weight excluding hydrogens is 376 g/mol. The average molecular weight is 411 g/mol. The first-order valence-electron chi connectivity index (χ1n) is 10.4. The molecule has 4 atom stereocenters. The second kappa shape index (κ2) is 7.74. The second-order valence-electron chi connectivity index (χ2n) is 9.38. The van der Waals surface area contributed by atoms with E-state index >= 15 is 0 Å². The maximum atomic E-state index is 13.1. The third-order valence-electron chi connectivity index (χ3n) is 7.90. The molecule has 0 radical (unpaired) electrons. The number of ether oxygens (including phenoxy) is 1. The molecule has 0 heterocycles. The first-order chi connectivity index (χ1) is 11.9. The van der Waals surface area contributed by atoms with Gasteiger partial charge < -0.3 is 4.74 Å². The van der Waals surface area contributed by atoms with Gasteiger partial charge in [0.25, 0.3) is 0 Å². The summed E-state index contributed by atoms with van der Waals surface area (Å²) in [7, 11) is 0. The van der Waals surface area contributed by atoms with Gasteiger partial charge in [-0.2, -0.15) is 0 Å². The fraction of sp³-hybridized carbons (Fsp3) is 0.864. The smallest absolute Gasteiger partial charge is 0.310 e. The maximum absolute atomic E-state index is 13.1. The van der Waals surface area contributed by atoms with E-state index in [1.165, 1.54) is 44.9 Å². The highest BCUT2D eigenvalue weighted by molar-refractivity contribution is 9.11. The molecule has 0 aromatic carbocycles. The zero-order chi connectivity index (χ0) is 18.1. The van der Waals surface area contributed by atoms with E-state index in [9.17, 15) is 4.79 Å².